The van der Waals surface area contributed by atoms with Gasteiger partial charge in [0.2, 0.25) is 5.43 Å². The highest BCUT2D eigenvalue weighted by Crippen LogP contribution is 2.17. The zero-order chi connectivity index (χ0) is 21.6. The third-order valence-corrected chi connectivity index (χ3v) is 5.30. The summed E-state index contributed by atoms with van der Waals surface area (Å²) in [7, 11) is 0. The molecular formula is C24H24N4O3. The molecule has 1 aliphatic heterocycles. The molecular weight excluding hydrogens is 392 g/mol. The number of carbonyl (C=O) groups is 1. The highest BCUT2D eigenvalue weighted by Gasteiger charge is 2.27. The minimum absolute atomic E-state index is 0.0310. The standard InChI is InChI=1S/C24H24N4O3/c29-21-11-14-28-22(23(21)30)24(31)27(17-26-28)13-5-1-2-8-19-9-3-4-10-20(19)15-18-7-6-12-25-16-18/h1,3-7,9-12,14,16,26,30H,2,8,13,15,17H2/b5-1-. The molecule has 4 rings (SSSR count). The van der Waals surface area contributed by atoms with Gasteiger partial charge in [-0.05, 0) is 42.0 Å². The van der Waals surface area contributed by atoms with Crippen LogP contribution in [0.5, 0.6) is 5.75 Å². The Bertz CT molecular complexity index is 1150. The van der Waals surface area contributed by atoms with Crippen LogP contribution in [0, 0.1) is 0 Å². The maximum atomic E-state index is 12.6. The summed E-state index contributed by atoms with van der Waals surface area (Å²) in [6.45, 7) is 0.693. The lowest BCUT2D eigenvalue weighted by atomic mass is 9.97. The summed E-state index contributed by atoms with van der Waals surface area (Å²) >= 11 is 0. The van der Waals surface area contributed by atoms with Gasteiger partial charge >= 0.3 is 0 Å². The number of hydrogen-bond acceptors (Lipinski definition) is 5. The third kappa shape index (κ3) is 4.66. The molecule has 0 spiro atoms. The molecule has 0 saturated carbocycles. The summed E-state index contributed by atoms with van der Waals surface area (Å²) < 4.78 is 1.39. The second-order valence-electron chi connectivity index (χ2n) is 7.41. The molecule has 3 aromatic rings. The highest BCUT2D eigenvalue weighted by atomic mass is 16.3. The Morgan fingerprint density at radius 3 is 2.71 bits per heavy atom. The molecule has 0 bridgehead atoms. The number of allylic oxidation sites excluding steroid dienone is 1. The summed E-state index contributed by atoms with van der Waals surface area (Å²) in [4.78, 5) is 30.0. The van der Waals surface area contributed by atoms with Gasteiger partial charge in [-0.15, -0.1) is 0 Å². The Kier molecular flexibility index (Phi) is 6.12. The molecule has 0 radical (unpaired) electrons. The summed E-state index contributed by atoms with van der Waals surface area (Å²) in [6.07, 6.45) is 11.7. The number of amides is 1. The number of aromatic hydroxyl groups is 1. The van der Waals surface area contributed by atoms with Gasteiger partial charge < -0.3 is 15.4 Å². The Balaban J connectivity index is 1.34. The van der Waals surface area contributed by atoms with Crippen LogP contribution in [0.1, 0.15) is 33.6 Å². The van der Waals surface area contributed by atoms with Gasteiger partial charge in [-0.2, -0.15) is 0 Å². The molecule has 7 nitrogen and oxygen atoms in total. The first kappa shape index (κ1) is 20.4. The van der Waals surface area contributed by atoms with Crippen molar-refractivity contribution in [3.8, 4) is 5.75 Å². The van der Waals surface area contributed by atoms with E-state index >= 15 is 0 Å². The number of pyridine rings is 2. The molecule has 1 amide bonds. The zero-order valence-electron chi connectivity index (χ0n) is 17.1. The minimum Gasteiger partial charge on any atom is -0.502 e. The van der Waals surface area contributed by atoms with Crippen molar-refractivity contribution in [3.63, 3.8) is 0 Å². The highest BCUT2D eigenvalue weighted by molar-refractivity contribution is 5.96. The van der Waals surface area contributed by atoms with Gasteiger partial charge in [0, 0.05) is 31.2 Å². The summed E-state index contributed by atoms with van der Waals surface area (Å²) in [6, 6.07) is 13.7. The summed E-state index contributed by atoms with van der Waals surface area (Å²) in [5, 5.41) is 9.96. The minimum atomic E-state index is -0.566. The molecule has 3 heterocycles. The van der Waals surface area contributed by atoms with Crippen LogP contribution in [0.2, 0.25) is 0 Å². The molecule has 1 aliphatic rings. The van der Waals surface area contributed by atoms with Crippen LogP contribution in [0.3, 0.4) is 0 Å². The Morgan fingerprint density at radius 1 is 1.06 bits per heavy atom. The van der Waals surface area contributed by atoms with E-state index in [0.717, 1.165) is 19.3 Å². The van der Waals surface area contributed by atoms with Crippen molar-refractivity contribution in [2.45, 2.75) is 19.3 Å². The quantitative estimate of drug-likeness (QED) is 0.579. The fraction of sp³-hybridized carbons (Fsp3) is 0.208. The third-order valence-electron chi connectivity index (χ3n) is 5.30. The Hall–Kier alpha value is -3.87. The van der Waals surface area contributed by atoms with E-state index in [-0.39, 0.29) is 11.6 Å². The van der Waals surface area contributed by atoms with Crippen LogP contribution >= 0.6 is 0 Å². The number of carbonyl (C=O) groups excluding carboxylic acids is 1. The number of aromatic nitrogens is 2. The van der Waals surface area contributed by atoms with E-state index in [1.54, 1.807) is 11.1 Å². The number of nitrogens with one attached hydrogen (secondary N) is 1. The van der Waals surface area contributed by atoms with Gasteiger partial charge in [0.05, 0.1) is 0 Å². The zero-order valence-corrected chi connectivity index (χ0v) is 17.1. The van der Waals surface area contributed by atoms with Crippen molar-refractivity contribution in [3.05, 3.63) is 106 Å². The maximum absolute atomic E-state index is 12.6. The van der Waals surface area contributed by atoms with E-state index in [1.807, 2.05) is 18.3 Å². The maximum Gasteiger partial charge on any atom is 0.278 e. The fourth-order valence-corrected chi connectivity index (χ4v) is 3.65. The average Bonchev–Trinajstić information content (AvgIpc) is 2.79. The summed E-state index contributed by atoms with van der Waals surface area (Å²) in [5.41, 5.74) is 6.16. The summed E-state index contributed by atoms with van der Waals surface area (Å²) in [5.74, 6) is -0.903. The van der Waals surface area contributed by atoms with Crippen LogP contribution in [0.4, 0.5) is 0 Å². The monoisotopic (exact) mass is 416 g/mol. The van der Waals surface area contributed by atoms with E-state index in [4.69, 9.17) is 0 Å². The lowest BCUT2D eigenvalue weighted by Crippen LogP contribution is -2.46. The SMILES string of the molecule is O=C1c2c(O)c(=O)ccn2NCN1C/C=C\CCc1ccccc1Cc1cccnc1. The van der Waals surface area contributed by atoms with E-state index in [9.17, 15) is 14.7 Å². The molecule has 0 unspecified atom stereocenters. The lowest BCUT2D eigenvalue weighted by molar-refractivity contribution is 0.0741. The van der Waals surface area contributed by atoms with Crippen molar-refractivity contribution in [2.75, 3.05) is 18.6 Å². The molecule has 1 aromatic carbocycles. The van der Waals surface area contributed by atoms with E-state index in [1.165, 1.54) is 33.6 Å². The molecule has 158 valence electrons. The molecule has 0 atom stereocenters. The second-order valence-corrected chi connectivity index (χ2v) is 7.41. The Morgan fingerprint density at radius 2 is 1.90 bits per heavy atom. The molecule has 0 saturated heterocycles. The van der Waals surface area contributed by atoms with Gasteiger partial charge in [0.15, 0.2) is 11.4 Å². The van der Waals surface area contributed by atoms with Crippen molar-refractivity contribution in [1.82, 2.24) is 14.6 Å². The predicted octanol–water partition coefficient (Wildman–Crippen LogP) is 2.69. The number of benzene rings is 1. The van der Waals surface area contributed by atoms with Crippen molar-refractivity contribution < 1.29 is 9.90 Å². The molecule has 0 aliphatic carbocycles. The van der Waals surface area contributed by atoms with Crippen LogP contribution in [0.25, 0.3) is 0 Å². The lowest BCUT2D eigenvalue weighted by Gasteiger charge is -2.30. The van der Waals surface area contributed by atoms with Gasteiger partial charge in [-0.3, -0.25) is 19.2 Å². The van der Waals surface area contributed by atoms with Gasteiger partial charge in [-0.25, -0.2) is 0 Å². The average molecular weight is 416 g/mol. The number of fused-ring (bicyclic) bond motifs is 1. The number of hydrogen-bond donors (Lipinski definition) is 2. The fourth-order valence-electron chi connectivity index (χ4n) is 3.65. The van der Waals surface area contributed by atoms with E-state index < -0.39 is 11.2 Å². The number of aryl methyl sites for hydroxylation is 1. The van der Waals surface area contributed by atoms with Crippen LogP contribution in [0.15, 0.2) is 78.0 Å². The molecule has 7 heteroatoms. The van der Waals surface area contributed by atoms with Crippen LogP contribution in [-0.4, -0.2) is 38.8 Å². The smallest absolute Gasteiger partial charge is 0.278 e. The van der Waals surface area contributed by atoms with Crippen molar-refractivity contribution in [1.29, 1.82) is 0 Å². The van der Waals surface area contributed by atoms with E-state index in [2.05, 4.69) is 46.8 Å². The normalized spacial score (nSPS) is 13.3. The molecule has 2 aromatic heterocycles. The van der Waals surface area contributed by atoms with Crippen molar-refractivity contribution >= 4 is 5.91 Å². The number of nitrogens with zero attached hydrogens (tertiary/aromatic N) is 3. The van der Waals surface area contributed by atoms with Gasteiger partial charge in [0.25, 0.3) is 5.91 Å². The molecule has 0 fully saturated rings. The van der Waals surface area contributed by atoms with Crippen LogP contribution < -0.4 is 10.9 Å². The van der Waals surface area contributed by atoms with Gasteiger partial charge in [0.1, 0.15) is 6.67 Å². The Labute approximate surface area is 180 Å². The first-order valence-electron chi connectivity index (χ1n) is 10.2. The molecule has 31 heavy (non-hydrogen) atoms. The topological polar surface area (TPSA) is 87.5 Å². The first-order valence-corrected chi connectivity index (χ1v) is 10.2. The first-order chi connectivity index (χ1) is 15.1. The second kappa shape index (κ2) is 9.30. The van der Waals surface area contributed by atoms with Gasteiger partial charge in [-0.1, -0.05) is 42.5 Å². The van der Waals surface area contributed by atoms with Crippen LogP contribution in [-0.2, 0) is 12.8 Å². The number of rotatable bonds is 7. The molecule has 2 N–H and O–H groups in total. The predicted molar refractivity (Wildman–Crippen MR) is 119 cm³/mol. The van der Waals surface area contributed by atoms with E-state index in [0.29, 0.717) is 13.2 Å². The largest absolute Gasteiger partial charge is 0.502 e. The van der Waals surface area contributed by atoms with Crippen molar-refractivity contribution in [2.24, 2.45) is 0 Å².